The molecule has 0 unspecified atom stereocenters. The zero-order chi connectivity index (χ0) is 21.5. The van der Waals surface area contributed by atoms with Crippen LogP contribution in [0.5, 0.6) is 0 Å². The Bertz CT molecular complexity index is 1340. The summed E-state index contributed by atoms with van der Waals surface area (Å²) < 4.78 is 15.4. The molecule has 0 bridgehead atoms. The van der Waals surface area contributed by atoms with Crippen LogP contribution in [0.1, 0.15) is 24.1 Å². The molecule has 0 radical (unpaired) electrons. The summed E-state index contributed by atoms with van der Waals surface area (Å²) in [5, 5.41) is 6.23. The van der Waals surface area contributed by atoms with Crippen molar-refractivity contribution in [1.82, 2.24) is 9.55 Å². The first kappa shape index (κ1) is 19.1. The van der Waals surface area contributed by atoms with E-state index in [1.807, 2.05) is 62.4 Å². The minimum Gasteiger partial charge on any atom is -0.329 e. The molecule has 4 aromatic rings. The molecule has 0 fully saturated rings. The van der Waals surface area contributed by atoms with Gasteiger partial charge in [0.1, 0.15) is 5.82 Å². The Balaban J connectivity index is 1.67. The molecule has 0 spiro atoms. The van der Waals surface area contributed by atoms with Crippen molar-refractivity contribution in [1.29, 1.82) is 0 Å². The fraction of sp³-hybridized carbons (Fsp3) is 0.120. The lowest BCUT2D eigenvalue weighted by Crippen LogP contribution is -2.31. The van der Waals surface area contributed by atoms with Gasteiger partial charge in [-0.2, -0.15) is 0 Å². The van der Waals surface area contributed by atoms with Crippen LogP contribution in [-0.4, -0.2) is 15.5 Å². The normalized spacial score (nSPS) is 15.5. The van der Waals surface area contributed by atoms with Gasteiger partial charge in [0, 0.05) is 11.4 Å². The molecule has 2 N–H and O–H groups in total. The third-order valence-corrected chi connectivity index (χ3v) is 5.66. The number of benzene rings is 3. The number of halogens is 1. The number of allylic oxidation sites excluding steroid dienone is 1. The smallest absolute Gasteiger partial charge is 0.255 e. The van der Waals surface area contributed by atoms with Gasteiger partial charge in [-0.25, -0.2) is 9.37 Å². The lowest BCUT2D eigenvalue weighted by atomic mass is 9.91. The molecule has 1 aromatic heterocycles. The Hall–Kier alpha value is -3.93. The summed E-state index contributed by atoms with van der Waals surface area (Å²) in [5.41, 5.74) is 5.77. The number of hydrogen-bond acceptors (Lipinski definition) is 3. The Morgan fingerprint density at radius 3 is 2.48 bits per heavy atom. The van der Waals surface area contributed by atoms with Crippen LogP contribution in [0.25, 0.3) is 11.0 Å². The van der Waals surface area contributed by atoms with E-state index < -0.39 is 0 Å². The number of imidazole rings is 1. The summed E-state index contributed by atoms with van der Waals surface area (Å²) in [4.78, 5) is 18.2. The van der Waals surface area contributed by atoms with Gasteiger partial charge in [0.2, 0.25) is 5.95 Å². The van der Waals surface area contributed by atoms with Crippen LogP contribution >= 0.6 is 0 Å². The van der Waals surface area contributed by atoms with Gasteiger partial charge < -0.3 is 10.6 Å². The number of nitrogens with one attached hydrogen (secondary N) is 2. The number of nitrogens with zero attached hydrogens (tertiary/aromatic N) is 2. The van der Waals surface area contributed by atoms with E-state index >= 15 is 0 Å². The van der Waals surface area contributed by atoms with E-state index in [0.717, 1.165) is 27.9 Å². The first-order valence-corrected chi connectivity index (χ1v) is 10.1. The highest BCUT2D eigenvalue weighted by molar-refractivity contribution is 6.06. The maximum Gasteiger partial charge on any atom is 0.255 e. The first-order valence-electron chi connectivity index (χ1n) is 10.1. The fourth-order valence-electron chi connectivity index (χ4n) is 4.18. The zero-order valence-electron chi connectivity index (χ0n) is 17.2. The molecule has 5 nitrogen and oxygen atoms in total. The predicted octanol–water partition coefficient (Wildman–Crippen LogP) is 5.41. The number of amides is 1. The monoisotopic (exact) mass is 412 g/mol. The maximum absolute atomic E-state index is 13.5. The van der Waals surface area contributed by atoms with Crippen molar-refractivity contribution in [2.75, 3.05) is 10.6 Å². The number of rotatable bonds is 3. The van der Waals surface area contributed by atoms with Crippen LogP contribution in [0.3, 0.4) is 0 Å². The zero-order valence-corrected chi connectivity index (χ0v) is 17.2. The summed E-state index contributed by atoms with van der Waals surface area (Å²) in [5.74, 6) is 0.110. The maximum atomic E-state index is 13.5. The summed E-state index contributed by atoms with van der Waals surface area (Å²) in [6.45, 7) is 3.93. The van der Waals surface area contributed by atoms with Crippen LogP contribution in [0.15, 0.2) is 84.1 Å². The number of carbonyl (C=O) groups excluding carboxylic acids is 1. The number of hydrogen-bond donors (Lipinski definition) is 2. The minimum absolute atomic E-state index is 0.242. The average molecular weight is 412 g/mol. The summed E-state index contributed by atoms with van der Waals surface area (Å²) in [7, 11) is 0. The van der Waals surface area contributed by atoms with Crippen molar-refractivity contribution in [3.63, 3.8) is 0 Å². The van der Waals surface area contributed by atoms with Crippen molar-refractivity contribution in [2.24, 2.45) is 0 Å². The molecule has 1 atom stereocenters. The SMILES string of the molecule is CC1=C(C(=O)Nc2ccc(F)cc2)[C@@H](c2ccccc2C)n2c(nc3ccccc32)N1. The summed E-state index contributed by atoms with van der Waals surface area (Å²) in [6.07, 6.45) is 0. The van der Waals surface area contributed by atoms with Crippen LogP contribution in [0, 0.1) is 12.7 Å². The average Bonchev–Trinajstić information content (AvgIpc) is 3.12. The lowest BCUT2D eigenvalue weighted by Gasteiger charge is -2.31. The number of aromatic nitrogens is 2. The molecule has 6 heteroatoms. The van der Waals surface area contributed by atoms with Crippen molar-refractivity contribution in [2.45, 2.75) is 19.9 Å². The van der Waals surface area contributed by atoms with Gasteiger partial charge >= 0.3 is 0 Å². The molecule has 3 aromatic carbocycles. The van der Waals surface area contributed by atoms with E-state index in [4.69, 9.17) is 4.98 Å². The van der Waals surface area contributed by atoms with E-state index in [0.29, 0.717) is 17.2 Å². The molecular weight excluding hydrogens is 391 g/mol. The van der Waals surface area contributed by atoms with Crippen molar-refractivity contribution < 1.29 is 9.18 Å². The van der Waals surface area contributed by atoms with Crippen LogP contribution in [0.4, 0.5) is 16.0 Å². The van der Waals surface area contributed by atoms with Crippen LogP contribution in [0.2, 0.25) is 0 Å². The van der Waals surface area contributed by atoms with E-state index in [2.05, 4.69) is 15.2 Å². The number of fused-ring (bicyclic) bond motifs is 3. The molecule has 0 saturated carbocycles. The highest BCUT2D eigenvalue weighted by Gasteiger charge is 2.34. The van der Waals surface area contributed by atoms with Gasteiger partial charge in [-0.1, -0.05) is 36.4 Å². The van der Waals surface area contributed by atoms with Gasteiger partial charge in [-0.3, -0.25) is 9.36 Å². The van der Waals surface area contributed by atoms with Gasteiger partial charge in [0.15, 0.2) is 0 Å². The van der Waals surface area contributed by atoms with E-state index in [1.54, 1.807) is 12.1 Å². The third-order valence-electron chi connectivity index (χ3n) is 5.66. The molecule has 1 aliphatic rings. The van der Waals surface area contributed by atoms with Crippen LogP contribution < -0.4 is 10.6 Å². The highest BCUT2D eigenvalue weighted by Crippen LogP contribution is 2.40. The van der Waals surface area contributed by atoms with Gasteiger partial charge in [-0.15, -0.1) is 0 Å². The molecule has 154 valence electrons. The second-order valence-electron chi connectivity index (χ2n) is 7.68. The first-order chi connectivity index (χ1) is 15.0. The Morgan fingerprint density at radius 2 is 1.71 bits per heavy atom. The lowest BCUT2D eigenvalue weighted by molar-refractivity contribution is -0.113. The molecular formula is C25H21FN4O. The molecule has 1 amide bonds. The van der Waals surface area contributed by atoms with Gasteiger partial charge in [0.05, 0.1) is 22.6 Å². The van der Waals surface area contributed by atoms with E-state index in [1.165, 1.54) is 12.1 Å². The van der Waals surface area contributed by atoms with Gasteiger partial charge in [-0.05, 0) is 61.4 Å². The predicted molar refractivity (Wildman–Crippen MR) is 120 cm³/mol. The third kappa shape index (κ3) is 3.26. The Kier molecular flexibility index (Phi) is 4.55. The number of anilines is 2. The van der Waals surface area contributed by atoms with Crippen molar-refractivity contribution >= 4 is 28.6 Å². The van der Waals surface area contributed by atoms with Gasteiger partial charge in [0.25, 0.3) is 5.91 Å². The number of para-hydroxylation sites is 2. The van der Waals surface area contributed by atoms with Crippen molar-refractivity contribution in [3.8, 4) is 0 Å². The number of carbonyl (C=O) groups is 1. The largest absolute Gasteiger partial charge is 0.329 e. The molecule has 31 heavy (non-hydrogen) atoms. The van der Waals surface area contributed by atoms with E-state index in [-0.39, 0.29) is 17.8 Å². The topological polar surface area (TPSA) is 59.0 Å². The standard InChI is InChI=1S/C25H21FN4O/c1-15-7-3-4-8-19(15)23-22(24(31)28-18-13-11-17(26)12-14-18)16(2)27-25-29-20-9-5-6-10-21(20)30(23)25/h3-14,23H,1-2H3,(H,27,29)(H,28,31)/t23-/m1/s1. The minimum atomic E-state index is -0.356. The molecule has 0 saturated heterocycles. The van der Waals surface area contributed by atoms with Crippen LogP contribution in [-0.2, 0) is 4.79 Å². The fourth-order valence-corrected chi connectivity index (χ4v) is 4.18. The molecule has 1 aliphatic heterocycles. The molecule has 5 rings (SSSR count). The summed E-state index contributed by atoms with van der Waals surface area (Å²) in [6, 6.07) is 21.4. The second-order valence-corrected chi connectivity index (χ2v) is 7.68. The van der Waals surface area contributed by atoms with Crippen molar-refractivity contribution in [3.05, 3.63) is 101 Å². The van der Waals surface area contributed by atoms with E-state index in [9.17, 15) is 9.18 Å². The second kappa shape index (κ2) is 7.40. The quantitative estimate of drug-likeness (QED) is 0.473. The number of aryl methyl sites for hydroxylation is 1. The highest BCUT2D eigenvalue weighted by atomic mass is 19.1. The molecule has 0 aliphatic carbocycles. The Labute approximate surface area is 179 Å². The summed E-state index contributed by atoms with van der Waals surface area (Å²) >= 11 is 0. The Morgan fingerprint density at radius 1 is 1.00 bits per heavy atom. The molecule has 2 heterocycles.